The van der Waals surface area contributed by atoms with Crippen LogP contribution in [0.5, 0.6) is 0 Å². The number of nitrogens with two attached hydrogens (primary N) is 1. The molecular formula is C9H9N5. The predicted octanol–water partition coefficient (Wildman–Crippen LogP) is 1.20. The summed E-state index contributed by atoms with van der Waals surface area (Å²) in [5, 5.41) is 2.98. The van der Waals surface area contributed by atoms with E-state index in [0.29, 0.717) is 17.3 Å². The van der Waals surface area contributed by atoms with Crippen molar-refractivity contribution in [3.63, 3.8) is 0 Å². The van der Waals surface area contributed by atoms with Crippen LogP contribution in [0.4, 0.5) is 17.3 Å². The maximum absolute atomic E-state index is 5.65. The van der Waals surface area contributed by atoms with Crippen molar-refractivity contribution in [3.8, 4) is 0 Å². The Labute approximate surface area is 81.0 Å². The van der Waals surface area contributed by atoms with Crippen LogP contribution in [0.2, 0.25) is 0 Å². The van der Waals surface area contributed by atoms with Gasteiger partial charge in [-0.2, -0.15) is 0 Å². The maximum atomic E-state index is 5.65. The Hall–Kier alpha value is -2.17. The van der Waals surface area contributed by atoms with E-state index in [9.17, 15) is 0 Å². The quantitative estimate of drug-likeness (QED) is 0.738. The van der Waals surface area contributed by atoms with Crippen molar-refractivity contribution in [2.45, 2.75) is 0 Å². The Balaban J connectivity index is 2.24. The molecular weight excluding hydrogens is 178 g/mol. The first-order valence-corrected chi connectivity index (χ1v) is 4.10. The standard InChI is InChI=1S/C9H9N5/c10-7-5-11-6-13-9(7)14-8-3-1-2-4-12-8/h1-6H,10H2,(H,11,12,13,14). The van der Waals surface area contributed by atoms with Gasteiger partial charge in [-0.25, -0.2) is 15.0 Å². The fourth-order valence-corrected chi connectivity index (χ4v) is 1.00. The topological polar surface area (TPSA) is 76.7 Å². The van der Waals surface area contributed by atoms with E-state index < -0.39 is 0 Å². The second-order valence-corrected chi connectivity index (χ2v) is 2.67. The number of nitrogens with one attached hydrogen (secondary N) is 1. The number of anilines is 3. The third-order valence-electron chi connectivity index (χ3n) is 1.65. The number of nitrogens with zero attached hydrogens (tertiary/aromatic N) is 3. The third kappa shape index (κ3) is 1.77. The lowest BCUT2D eigenvalue weighted by Crippen LogP contribution is -2.00. The van der Waals surface area contributed by atoms with Gasteiger partial charge >= 0.3 is 0 Å². The van der Waals surface area contributed by atoms with Crippen molar-refractivity contribution >= 4 is 17.3 Å². The van der Waals surface area contributed by atoms with Gasteiger partial charge in [0.2, 0.25) is 0 Å². The van der Waals surface area contributed by atoms with E-state index in [-0.39, 0.29) is 0 Å². The molecule has 5 heteroatoms. The Morgan fingerprint density at radius 3 is 2.86 bits per heavy atom. The Bertz CT molecular complexity index is 415. The van der Waals surface area contributed by atoms with Crippen LogP contribution in [0.15, 0.2) is 36.9 Å². The molecule has 14 heavy (non-hydrogen) atoms. The molecule has 5 nitrogen and oxygen atoms in total. The number of rotatable bonds is 2. The number of hydrogen-bond donors (Lipinski definition) is 2. The SMILES string of the molecule is Nc1cncnc1Nc1ccccn1. The molecule has 0 aliphatic heterocycles. The molecule has 2 aromatic rings. The molecule has 2 rings (SSSR count). The van der Waals surface area contributed by atoms with Crippen LogP contribution < -0.4 is 11.1 Å². The van der Waals surface area contributed by atoms with E-state index in [1.807, 2.05) is 18.2 Å². The zero-order valence-electron chi connectivity index (χ0n) is 7.38. The van der Waals surface area contributed by atoms with Gasteiger partial charge in [0.15, 0.2) is 5.82 Å². The Morgan fingerprint density at radius 2 is 2.14 bits per heavy atom. The van der Waals surface area contributed by atoms with Crippen LogP contribution >= 0.6 is 0 Å². The van der Waals surface area contributed by atoms with Crippen LogP contribution in [-0.2, 0) is 0 Å². The van der Waals surface area contributed by atoms with Crippen molar-refractivity contribution in [3.05, 3.63) is 36.9 Å². The first-order valence-electron chi connectivity index (χ1n) is 4.10. The minimum absolute atomic E-state index is 0.498. The summed E-state index contributed by atoms with van der Waals surface area (Å²) >= 11 is 0. The third-order valence-corrected chi connectivity index (χ3v) is 1.65. The van der Waals surface area contributed by atoms with Gasteiger partial charge < -0.3 is 11.1 Å². The van der Waals surface area contributed by atoms with Gasteiger partial charge in [0, 0.05) is 6.20 Å². The van der Waals surface area contributed by atoms with E-state index in [2.05, 4.69) is 20.3 Å². The molecule has 2 heterocycles. The van der Waals surface area contributed by atoms with Gasteiger partial charge in [0.25, 0.3) is 0 Å². The van der Waals surface area contributed by atoms with Crippen LogP contribution in [0.1, 0.15) is 0 Å². The van der Waals surface area contributed by atoms with Crippen LogP contribution in [0.3, 0.4) is 0 Å². The summed E-state index contributed by atoms with van der Waals surface area (Å²) in [6, 6.07) is 5.56. The summed E-state index contributed by atoms with van der Waals surface area (Å²) < 4.78 is 0. The van der Waals surface area contributed by atoms with E-state index >= 15 is 0 Å². The molecule has 0 aliphatic carbocycles. The molecule has 0 saturated carbocycles. The monoisotopic (exact) mass is 187 g/mol. The highest BCUT2D eigenvalue weighted by Crippen LogP contribution is 2.16. The van der Waals surface area contributed by atoms with Gasteiger partial charge in [0.1, 0.15) is 12.1 Å². The average molecular weight is 187 g/mol. The van der Waals surface area contributed by atoms with Gasteiger partial charge in [-0.1, -0.05) is 6.07 Å². The second-order valence-electron chi connectivity index (χ2n) is 2.67. The van der Waals surface area contributed by atoms with E-state index in [0.717, 1.165) is 0 Å². The molecule has 0 amide bonds. The van der Waals surface area contributed by atoms with Crippen molar-refractivity contribution < 1.29 is 0 Å². The number of aromatic nitrogens is 3. The smallest absolute Gasteiger partial charge is 0.158 e. The zero-order chi connectivity index (χ0) is 9.80. The first-order chi connectivity index (χ1) is 6.86. The summed E-state index contributed by atoms with van der Waals surface area (Å²) in [7, 11) is 0. The fourth-order valence-electron chi connectivity index (χ4n) is 1.00. The van der Waals surface area contributed by atoms with Crippen LogP contribution in [0, 0.1) is 0 Å². The molecule has 0 aliphatic rings. The van der Waals surface area contributed by atoms with Crippen LogP contribution in [0.25, 0.3) is 0 Å². The van der Waals surface area contributed by atoms with Gasteiger partial charge in [-0.05, 0) is 12.1 Å². The molecule has 0 aromatic carbocycles. The van der Waals surface area contributed by atoms with Crippen molar-refractivity contribution in [2.75, 3.05) is 11.1 Å². The first kappa shape index (κ1) is 8.43. The number of hydrogen-bond acceptors (Lipinski definition) is 5. The lowest BCUT2D eigenvalue weighted by atomic mass is 10.4. The highest BCUT2D eigenvalue weighted by molar-refractivity contribution is 5.65. The normalized spacial score (nSPS) is 9.71. The van der Waals surface area contributed by atoms with Crippen molar-refractivity contribution in [1.82, 2.24) is 15.0 Å². The Morgan fingerprint density at radius 1 is 1.21 bits per heavy atom. The van der Waals surface area contributed by atoms with Crippen molar-refractivity contribution in [2.24, 2.45) is 0 Å². The Kier molecular flexibility index (Phi) is 2.22. The second kappa shape index (κ2) is 3.69. The lowest BCUT2D eigenvalue weighted by molar-refractivity contribution is 1.16. The van der Waals surface area contributed by atoms with Gasteiger partial charge in [-0.3, -0.25) is 0 Å². The maximum Gasteiger partial charge on any atom is 0.158 e. The highest BCUT2D eigenvalue weighted by Gasteiger charge is 1.99. The van der Waals surface area contributed by atoms with Crippen molar-refractivity contribution in [1.29, 1.82) is 0 Å². The fraction of sp³-hybridized carbons (Fsp3) is 0. The zero-order valence-corrected chi connectivity index (χ0v) is 7.38. The summed E-state index contributed by atoms with van der Waals surface area (Å²) in [6.45, 7) is 0. The summed E-state index contributed by atoms with van der Waals surface area (Å²) in [5.41, 5.74) is 6.15. The average Bonchev–Trinajstić information content (AvgIpc) is 2.23. The summed E-state index contributed by atoms with van der Waals surface area (Å²) in [5.74, 6) is 1.27. The minimum atomic E-state index is 0.498. The molecule has 0 unspecified atom stereocenters. The number of pyridine rings is 1. The lowest BCUT2D eigenvalue weighted by Gasteiger charge is -2.05. The molecule has 0 saturated heterocycles. The molecule has 70 valence electrons. The van der Waals surface area contributed by atoms with Crippen LogP contribution in [-0.4, -0.2) is 15.0 Å². The molecule has 0 radical (unpaired) electrons. The van der Waals surface area contributed by atoms with E-state index in [4.69, 9.17) is 5.73 Å². The molecule has 0 fully saturated rings. The van der Waals surface area contributed by atoms with Gasteiger partial charge in [-0.15, -0.1) is 0 Å². The number of nitrogen functional groups attached to an aromatic ring is 1. The predicted molar refractivity (Wildman–Crippen MR) is 54.0 cm³/mol. The minimum Gasteiger partial charge on any atom is -0.394 e. The molecule has 2 aromatic heterocycles. The molecule has 0 bridgehead atoms. The molecule has 0 spiro atoms. The molecule has 0 atom stereocenters. The summed E-state index contributed by atoms with van der Waals surface area (Å²) in [6.07, 6.45) is 4.67. The molecule has 3 N–H and O–H groups in total. The summed E-state index contributed by atoms with van der Waals surface area (Å²) in [4.78, 5) is 11.9. The van der Waals surface area contributed by atoms with Gasteiger partial charge in [0.05, 0.1) is 11.9 Å². The van der Waals surface area contributed by atoms with E-state index in [1.54, 1.807) is 6.20 Å². The van der Waals surface area contributed by atoms with E-state index in [1.165, 1.54) is 12.5 Å². The highest BCUT2D eigenvalue weighted by atomic mass is 15.1. The largest absolute Gasteiger partial charge is 0.394 e.